The van der Waals surface area contributed by atoms with Crippen molar-refractivity contribution in [2.24, 2.45) is 0 Å². The van der Waals surface area contributed by atoms with Gasteiger partial charge in [-0.15, -0.1) is 0 Å². The van der Waals surface area contributed by atoms with E-state index in [0.29, 0.717) is 29.5 Å². The molecule has 0 radical (unpaired) electrons. The van der Waals surface area contributed by atoms with Gasteiger partial charge in [-0.25, -0.2) is 9.50 Å². The minimum Gasteiger partial charge on any atom is -0.491 e. The third kappa shape index (κ3) is 4.49. The third-order valence-corrected chi connectivity index (χ3v) is 5.44. The van der Waals surface area contributed by atoms with Crippen LogP contribution in [0.25, 0.3) is 5.65 Å². The lowest BCUT2D eigenvalue weighted by atomic mass is 10.0. The summed E-state index contributed by atoms with van der Waals surface area (Å²) < 4.78 is 7.48. The summed E-state index contributed by atoms with van der Waals surface area (Å²) in [6.07, 6.45) is 6.19. The van der Waals surface area contributed by atoms with Gasteiger partial charge in [0.05, 0.1) is 12.2 Å². The van der Waals surface area contributed by atoms with Crippen LogP contribution in [0.5, 0.6) is 0 Å². The van der Waals surface area contributed by atoms with Gasteiger partial charge in [-0.2, -0.15) is 5.10 Å². The Hall–Kier alpha value is -2.84. The third-order valence-electron chi connectivity index (χ3n) is 5.24. The Bertz CT molecular complexity index is 1020. The molecule has 0 aromatic carbocycles. The topological polar surface area (TPSA) is 83.8 Å². The number of fused-ring (bicyclic) bond motifs is 1. The fraction of sp³-hybridized carbons (Fsp3) is 0.381. The minimum absolute atomic E-state index is 0.123. The normalized spacial score (nSPS) is 20.3. The molecule has 0 saturated carbocycles. The van der Waals surface area contributed by atoms with Crippen LogP contribution < -0.4 is 10.6 Å². The van der Waals surface area contributed by atoms with Gasteiger partial charge in [0, 0.05) is 38.0 Å². The molecule has 0 aliphatic carbocycles. The molecule has 2 aromatic heterocycles. The van der Waals surface area contributed by atoms with Crippen molar-refractivity contribution in [3.05, 3.63) is 64.9 Å². The van der Waals surface area contributed by atoms with Crippen molar-refractivity contribution in [1.82, 2.24) is 30.1 Å². The van der Waals surface area contributed by atoms with Gasteiger partial charge in [0.15, 0.2) is 5.65 Å². The minimum atomic E-state index is -0.260. The van der Waals surface area contributed by atoms with E-state index in [2.05, 4.69) is 32.2 Å². The number of aromatic nitrogens is 3. The van der Waals surface area contributed by atoms with Gasteiger partial charge in [-0.05, 0) is 37.1 Å². The van der Waals surface area contributed by atoms with E-state index < -0.39 is 0 Å². The van der Waals surface area contributed by atoms with Gasteiger partial charge in [0.1, 0.15) is 23.2 Å². The number of nitrogens with one attached hydrogen (secondary N) is 2. The van der Waals surface area contributed by atoms with Crippen LogP contribution in [0.4, 0.5) is 0 Å². The van der Waals surface area contributed by atoms with Crippen LogP contribution in [0.1, 0.15) is 23.8 Å². The standard InChI is InChI=1S/C21H25ClN6O2/c1-3-16(27-8-6-23-7-9-27)11-18-14(2)10-15(13-30-18)24-21(29)17-12-28-20(25-17)5-4-19(22)26-28/h3-5,11-12,15,23H,1,6-10,13H2,2H3,(H,24,29)/b16-11+/t15-/m1/s1. The zero-order valence-corrected chi connectivity index (χ0v) is 17.7. The summed E-state index contributed by atoms with van der Waals surface area (Å²) >= 11 is 5.89. The lowest BCUT2D eigenvalue weighted by Crippen LogP contribution is -2.42. The number of carbonyl (C=O) groups is 1. The first-order chi connectivity index (χ1) is 14.5. The average Bonchev–Trinajstić information content (AvgIpc) is 3.17. The molecule has 1 fully saturated rings. The van der Waals surface area contributed by atoms with Crippen LogP contribution in [0.2, 0.25) is 5.15 Å². The van der Waals surface area contributed by atoms with E-state index >= 15 is 0 Å². The highest BCUT2D eigenvalue weighted by Gasteiger charge is 2.23. The highest BCUT2D eigenvalue weighted by atomic mass is 35.5. The van der Waals surface area contributed by atoms with Gasteiger partial charge >= 0.3 is 0 Å². The number of amides is 1. The maximum Gasteiger partial charge on any atom is 0.271 e. The number of halogens is 1. The highest BCUT2D eigenvalue weighted by molar-refractivity contribution is 6.29. The summed E-state index contributed by atoms with van der Waals surface area (Å²) in [5, 5.41) is 10.8. The van der Waals surface area contributed by atoms with Crippen LogP contribution in [0, 0.1) is 0 Å². The molecule has 1 amide bonds. The SMILES string of the molecule is C=C/C(=C\C1=C(C)C[C@@H](NC(=O)c2cn3nc(Cl)ccc3n2)CO1)N1CCNCC1. The molecule has 2 aliphatic rings. The van der Waals surface area contributed by atoms with Crippen LogP contribution in [-0.4, -0.2) is 64.2 Å². The molecule has 1 atom stereocenters. The van der Waals surface area contributed by atoms with E-state index in [-0.39, 0.29) is 11.9 Å². The lowest BCUT2D eigenvalue weighted by Gasteiger charge is -2.31. The summed E-state index contributed by atoms with van der Waals surface area (Å²) in [5.41, 5.74) is 3.01. The molecule has 2 aromatic rings. The van der Waals surface area contributed by atoms with E-state index in [1.165, 1.54) is 4.52 Å². The van der Waals surface area contributed by atoms with Crippen molar-refractivity contribution < 1.29 is 9.53 Å². The number of nitrogens with zero attached hydrogens (tertiary/aromatic N) is 4. The van der Waals surface area contributed by atoms with E-state index in [1.54, 1.807) is 18.3 Å². The van der Waals surface area contributed by atoms with Gasteiger partial charge in [-0.1, -0.05) is 18.2 Å². The second-order valence-corrected chi connectivity index (χ2v) is 7.81. The van der Waals surface area contributed by atoms with Crippen molar-refractivity contribution in [3.8, 4) is 0 Å². The maximum absolute atomic E-state index is 12.6. The maximum atomic E-state index is 12.6. The van der Waals surface area contributed by atoms with E-state index in [9.17, 15) is 4.79 Å². The molecule has 0 unspecified atom stereocenters. The van der Waals surface area contributed by atoms with Crippen molar-refractivity contribution in [2.45, 2.75) is 19.4 Å². The van der Waals surface area contributed by atoms with Crippen LogP contribution in [0.15, 0.2) is 54.1 Å². The number of carbonyl (C=O) groups excluding carboxylic acids is 1. The summed E-state index contributed by atoms with van der Waals surface area (Å²) in [6.45, 7) is 10.2. The first-order valence-electron chi connectivity index (χ1n) is 9.98. The summed E-state index contributed by atoms with van der Waals surface area (Å²) in [6, 6.07) is 3.24. The number of hydrogen-bond acceptors (Lipinski definition) is 6. The molecule has 30 heavy (non-hydrogen) atoms. The molecule has 158 valence electrons. The van der Waals surface area contributed by atoms with Gasteiger partial charge < -0.3 is 20.3 Å². The van der Waals surface area contributed by atoms with E-state index in [0.717, 1.165) is 43.2 Å². The fourth-order valence-electron chi connectivity index (χ4n) is 3.66. The predicted molar refractivity (Wildman–Crippen MR) is 115 cm³/mol. The lowest BCUT2D eigenvalue weighted by molar-refractivity contribution is 0.0886. The molecule has 0 bridgehead atoms. The largest absolute Gasteiger partial charge is 0.491 e. The van der Waals surface area contributed by atoms with Gasteiger partial charge in [0.25, 0.3) is 5.91 Å². The smallest absolute Gasteiger partial charge is 0.271 e. The number of ether oxygens (including phenoxy) is 1. The zero-order valence-electron chi connectivity index (χ0n) is 16.9. The van der Waals surface area contributed by atoms with Crippen molar-refractivity contribution >= 4 is 23.2 Å². The molecule has 2 aliphatic heterocycles. The Morgan fingerprint density at radius 2 is 2.20 bits per heavy atom. The van der Waals surface area contributed by atoms with Crippen LogP contribution in [0.3, 0.4) is 0 Å². The van der Waals surface area contributed by atoms with Gasteiger partial charge in [0.2, 0.25) is 0 Å². The molecule has 2 N–H and O–H groups in total. The fourth-order valence-corrected chi connectivity index (χ4v) is 3.81. The molecule has 8 nitrogen and oxygen atoms in total. The quantitative estimate of drug-likeness (QED) is 0.710. The molecular weight excluding hydrogens is 404 g/mol. The van der Waals surface area contributed by atoms with E-state index in [1.807, 2.05) is 19.1 Å². The average molecular weight is 429 g/mol. The Balaban J connectivity index is 1.42. The Labute approximate surface area is 180 Å². The monoisotopic (exact) mass is 428 g/mol. The molecular formula is C21H25ClN6O2. The molecule has 9 heteroatoms. The second-order valence-electron chi connectivity index (χ2n) is 7.43. The molecule has 1 saturated heterocycles. The number of rotatable bonds is 5. The summed E-state index contributed by atoms with van der Waals surface area (Å²) in [5.74, 6) is 0.588. The second kappa shape index (κ2) is 8.89. The number of piperazine rings is 1. The molecule has 4 heterocycles. The Morgan fingerprint density at radius 3 is 2.93 bits per heavy atom. The summed E-state index contributed by atoms with van der Waals surface area (Å²) in [4.78, 5) is 19.2. The molecule has 0 spiro atoms. The number of allylic oxidation sites excluding steroid dienone is 2. The zero-order chi connectivity index (χ0) is 21.1. The first-order valence-corrected chi connectivity index (χ1v) is 10.4. The van der Waals surface area contributed by atoms with Gasteiger partial charge in [-0.3, -0.25) is 4.79 Å². The predicted octanol–water partition coefficient (Wildman–Crippen LogP) is 2.15. The Kier molecular flexibility index (Phi) is 6.06. The van der Waals surface area contributed by atoms with Crippen LogP contribution >= 0.6 is 11.6 Å². The van der Waals surface area contributed by atoms with Crippen molar-refractivity contribution in [3.63, 3.8) is 0 Å². The number of imidazole rings is 1. The van der Waals surface area contributed by atoms with Crippen molar-refractivity contribution in [2.75, 3.05) is 32.8 Å². The number of hydrogen-bond donors (Lipinski definition) is 2. The van der Waals surface area contributed by atoms with E-state index in [4.69, 9.17) is 16.3 Å². The highest BCUT2D eigenvalue weighted by Crippen LogP contribution is 2.23. The summed E-state index contributed by atoms with van der Waals surface area (Å²) in [7, 11) is 0. The molecule has 4 rings (SSSR count). The first kappa shape index (κ1) is 20.4. The Morgan fingerprint density at radius 1 is 1.40 bits per heavy atom. The van der Waals surface area contributed by atoms with Crippen LogP contribution in [-0.2, 0) is 4.74 Å². The van der Waals surface area contributed by atoms with Crippen molar-refractivity contribution in [1.29, 1.82) is 0 Å².